The number of halogens is 1. The van der Waals surface area contributed by atoms with Gasteiger partial charge in [0.1, 0.15) is 0 Å². The second kappa shape index (κ2) is 8.57. The average Bonchev–Trinajstić information content (AvgIpc) is 3.20. The topological polar surface area (TPSA) is 81.3 Å². The van der Waals surface area contributed by atoms with Crippen LogP contribution in [0.2, 0.25) is 5.02 Å². The molecule has 2 aromatic carbocycles. The van der Waals surface area contributed by atoms with Crippen LogP contribution >= 0.6 is 11.6 Å². The van der Waals surface area contributed by atoms with E-state index in [0.29, 0.717) is 40.1 Å². The van der Waals surface area contributed by atoms with Gasteiger partial charge in [0.25, 0.3) is 5.56 Å². The van der Waals surface area contributed by atoms with Gasteiger partial charge in [-0.1, -0.05) is 54.1 Å². The summed E-state index contributed by atoms with van der Waals surface area (Å²) in [6.07, 6.45) is 1.61. The van der Waals surface area contributed by atoms with Crippen molar-refractivity contribution < 1.29 is 4.79 Å². The highest BCUT2D eigenvalue weighted by Gasteiger charge is 2.20. The number of anilines is 1. The lowest BCUT2D eigenvalue weighted by molar-refractivity contribution is -0.115. The third-order valence-corrected chi connectivity index (χ3v) is 5.15. The smallest absolute Gasteiger partial charge is 0.279 e. The van der Waals surface area contributed by atoms with Gasteiger partial charge in [0, 0.05) is 34.1 Å². The maximum atomic E-state index is 13.2. The van der Waals surface area contributed by atoms with Crippen molar-refractivity contribution >= 4 is 29.0 Å². The zero-order chi connectivity index (χ0) is 22.0. The standard InChI is InChI=1S/C23H20ClN5O2/c1-3-12-28-15(2)19(14-20(30)25-18-11-7-10-17(24)13-18)22(31)29-23(28)26-21(27-29)16-8-5-4-6-9-16/h3-11,13H,1,12,14H2,2H3,(H,25,30). The fraction of sp³-hybridized carbons (Fsp3) is 0.130. The number of nitrogens with zero attached hydrogens (tertiary/aromatic N) is 4. The Morgan fingerprint density at radius 3 is 2.68 bits per heavy atom. The SMILES string of the molecule is C=CCn1c(C)c(CC(=O)Nc2cccc(Cl)c2)c(=O)n2nc(-c3ccccc3)nc12. The number of amides is 1. The number of aromatic nitrogens is 4. The molecule has 4 rings (SSSR count). The van der Waals surface area contributed by atoms with Crippen molar-refractivity contribution in [3.8, 4) is 11.4 Å². The van der Waals surface area contributed by atoms with E-state index in [9.17, 15) is 9.59 Å². The summed E-state index contributed by atoms with van der Waals surface area (Å²) in [5.74, 6) is 0.520. The summed E-state index contributed by atoms with van der Waals surface area (Å²) in [7, 11) is 0. The lowest BCUT2D eigenvalue weighted by Gasteiger charge is -2.14. The highest BCUT2D eigenvalue weighted by Crippen LogP contribution is 2.18. The van der Waals surface area contributed by atoms with E-state index >= 15 is 0 Å². The van der Waals surface area contributed by atoms with Crippen molar-refractivity contribution in [2.24, 2.45) is 0 Å². The van der Waals surface area contributed by atoms with Gasteiger partial charge in [0.2, 0.25) is 11.7 Å². The molecule has 0 fully saturated rings. The summed E-state index contributed by atoms with van der Waals surface area (Å²) < 4.78 is 3.08. The van der Waals surface area contributed by atoms with Gasteiger partial charge >= 0.3 is 0 Å². The van der Waals surface area contributed by atoms with Crippen molar-refractivity contribution in [3.63, 3.8) is 0 Å². The predicted molar refractivity (Wildman–Crippen MR) is 121 cm³/mol. The minimum absolute atomic E-state index is 0.106. The van der Waals surface area contributed by atoms with Gasteiger partial charge in [-0.2, -0.15) is 9.50 Å². The summed E-state index contributed by atoms with van der Waals surface area (Å²) in [6.45, 7) is 6.02. The van der Waals surface area contributed by atoms with Crippen LogP contribution in [0.5, 0.6) is 0 Å². The molecule has 2 aromatic heterocycles. The largest absolute Gasteiger partial charge is 0.326 e. The van der Waals surface area contributed by atoms with Crippen molar-refractivity contribution in [2.45, 2.75) is 19.9 Å². The fourth-order valence-corrected chi connectivity index (χ4v) is 3.59. The number of nitrogens with one attached hydrogen (secondary N) is 1. The molecule has 156 valence electrons. The summed E-state index contributed by atoms with van der Waals surface area (Å²) >= 11 is 5.98. The van der Waals surface area contributed by atoms with Crippen molar-refractivity contribution in [2.75, 3.05) is 5.32 Å². The Hall–Kier alpha value is -3.71. The van der Waals surface area contributed by atoms with E-state index in [1.807, 2.05) is 34.9 Å². The van der Waals surface area contributed by atoms with Crippen molar-refractivity contribution in [3.05, 3.63) is 93.9 Å². The van der Waals surface area contributed by atoms with Crippen LogP contribution < -0.4 is 10.9 Å². The van der Waals surface area contributed by atoms with E-state index in [4.69, 9.17) is 11.6 Å². The third-order valence-electron chi connectivity index (χ3n) is 4.91. The van der Waals surface area contributed by atoms with Gasteiger partial charge in [-0.3, -0.25) is 9.59 Å². The molecule has 0 aliphatic carbocycles. The summed E-state index contributed by atoms with van der Waals surface area (Å²) in [4.78, 5) is 30.4. The minimum atomic E-state index is -0.372. The Labute approximate surface area is 183 Å². The Balaban J connectivity index is 1.77. The zero-order valence-electron chi connectivity index (χ0n) is 16.9. The highest BCUT2D eigenvalue weighted by molar-refractivity contribution is 6.30. The van der Waals surface area contributed by atoms with E-state index in [2.05, 4.69) is 22.0 Å². The van der Waals surface area contributed by atoms with E-state index in [-0.39, 0.29) is 17.9 Å². The van der Waals surface area contributed by atoms with Gasteiger partial charge in [-0.05, 0) is 25.1 Å². The Morgan fingerprint density at radius 1 is 1.19 bits per heavy atom. The number of hydrogen-bond acceptors (Lipinski definition) is 4. The molecule has 0 aliphatic heterocycles. The van der Waals surface area contributed by atoms with E-state index in [0.717, 1.165) is 5.56 Å². The van der Waals surface area contributed by atoms with Crippen LogP contribution in [0.1, 0.15) is 11.3 Å². The van der Waals surface area contributed by atoms with Gasteiger partial charge in [-0.25, -0.2) is 0 Å². The van der Waals surface area contributed by atoms with Crippen molar-refractivity contribution in [1.82, 2.24) is 19.2 Å². The van der Waals surface area contributed by atoms with E-state index in [1.54, 1.807) is 37.3 Å². The first kappa shape index (κ1) is 20.6. The van der Waals surface area contributed by atoms with Gasteiger partial charge in [0.05, 0.1) is 6.42 Å². The molecule has 1 N–H and O–H groups in total. The molecule has 2 heterocycles. The second-order valence-electron chi connectivity index (χ2n) is 7.02. The second-order valence-corrected chi connectivity index (χ2v) is 7.45. The minimum Gasteiger partial charge on any atom is -0.326 e. The maximum Gasteiger partial charge on any atom is 0.279 e. The molecule has 0 unspecified atom stereocenters. The molecule has 4 aromatic rings. The normalized spacial score (nSPS) is 10.9. The summed E-state index contributed by atoms with van der Waals surface area (Å²) in [6, 6.07) is 16.3. The Morgan fingerprint density at radius 2 is 1.97 bits per heavy atom. The van der Waals surface area contributed by atoms with Crippen LogP contribution in [0.3, 0.4) is 0 Å². The average molecular weight is 434 g/mol. The molecule has 0 radical (unpaired) electrons. The molecule has 0 saturated heterocycles. The summed E-state index contributed by atoms with van der Waals surface area (Å²) in [5.41, 5.74) is 1.98. The van der Waals surface area contributed by atoms with E-state index < -0.39 is 0 Å². The first-order valence-corrected chi connectivity index (χ1v) is 10.1. The molecule has 0 aliphatic rings. The van der Waals surface area contributed by atoms with Crippen LogP contribution in [0.4, 0.5) is 5.69 Å². The van der Waals surface area contributed by atoms with Gasteiger partial charge in [0.15, 0.2) is 5.82 Å². The van der Waals surface area contributed by atoms with Crippen LogP contribution in [-0.2, 0) is 17.8 Å². The molecule has 0 atom stereocenters. The number of benzene rings is 2. The fourth-order valence-electron chi connectivity index (χ4n) is 3.40. The Bertz CT molecular complexity index is 1340. The number of hydrogen-bond donors (Lipinski definition) is 1. The molecule has 0 bridgehead atoms. The van der Waals surface area contributed by atoms with Crippen LogP contribution in [0, 0.1) is 6.92 Å². The molecule has 0 saturated carbocycles. The van der Waals surface area contributed by atoms with Crippen molar-refractivity contribution in [1.29, 1.82) is 0 Å². The zero-order valence-corrected chi connectivity index (χ0v) is 17.6. The number of carbonyl (C=O) groups is 1. The van der Waals surface area contributed by atoms with Crippen LogP contribution in [0.25, 0.3) is 17.2 Å². The lowest BCUT2D eigenvalue weighted by Crippen LogP contribution is -2.29. The summed E-state index contributed by atoms with van der Waals surface area (Å²) in [5, 5.41) is 7.71. The Kier molecular flexibility index (Phi) is 5.68. The van der Waals surface area contributed by atoms with Gasteiger partial charge < -0.3 is 9.88 Å². The number of fused-ring (bicyclic) bond motifs is 1. The van der Waals surface area contributed by atoms with E-state index in [1.165, 1.54) is 4.52 Å². The predicted octanol–water partition coefficient (Wildman–Crippen LogP) is 3.89. The monoisotopic (exact) mass is 433 g/mol. The third kappa shape index (κ3) is 4.13. The molecule has 7 nitrogen and oxygen atoms in total. The highest BCUT2D eigenvalue weighted by atomic mass is 35.5. The first-order chi connectivity index (χ1) is 15.0. The van der Waals surface area contributed by atoms with Crippen LogP contribution in [-0.4, -0.2) is 25.1 Å². The lowest BCUT2D eigenvalue weighted by atomic mass is 10.1. The molecule has 8 heteroatoms. The number of carbonyl (C=O) groups excluding carboxylic acids is 1. The molecule has 0 spiro atoms. The maximum absolute atomic E-state index is 13.2. The first-order valence-electron chi connectivity index (χ1n) is 9.68. The molecular formula is C23H20ClN5O2. The molecular weight excluding hydrogens is 414 g/mol. The van der Waals surface area contributed by atoms with Gasteiger partial charge in [-0.15, -0.1) is 11.7 Å². The molecule has 31 heavy (non-hydrogen) atoms. The number of allylic oxidation sites excluding steroid dienone is 1. The quantitative estimate of drug-likeness (QED) is 0.468. The molecule has 1 amide bonds. The number of rotatable bonds is 6. The van der Waals surface area contributed by atoms with Crippen LogP contribution in [0.15, 0.2) is 72.0 Å².